The maximum Gasteiger partial charge on any atom is 0.336 e. The second-order valence-electron chi connectivity index (χ2n) is 8.90. The molecule has 1 unspecified atom stereocenters. The van der Waals surface area contributed by atoms with Crippen molar-refractivity contribution >= 4 is 40.6 Å². The summed E-state index contributed by atoms with van der Waals surface area (Å²) in [6, 6.07) is 20.5. The van der Waals surface area contributed by atoms with Gasteiger partial charge in [-0.05, 0) is 35.2 Å². The average molecular weight is 538 g/mol. The normalized spacial score (nSPS) is 14.0. The number of ether oxygens (including phenoxy) is 3. The van der Waals surface area contributed by atoms with Crippen LogP contribution in [0.15, 0.2) is 60.7 Å². The molecule has 0 bridgehead atoms. The summed E-state index contributed by atoms with van der Waals surface area (Å²) in [6.07, 6.45) is 0.0821. The molecular formula is C26H37BrO5Si. The molecule has 2 atom stereocenters. The van der Waals surface area contributed by atoms with Gasteiger partial charge in [-0.3, -0.25) is 0 Å². The minimum absolute atomic E-state index is 0.0764. The Bertz CT molecular complexity index is 778. The molecule has 2 aromatic carbocycles. The largest absolute Gasteiger partial charge is 0.464 e. The second-order valence-corrected chi connectivity index (χ2v) is 13.9. The maximum absolute atomic E-state index is 13.3. The van der Waals surface area contributed by atoms with E-state index in [-0.39, 0.29) is 18.4 Å². The number of alkyl halides is 1. The molecule has 0 aliphatic carbocycles. The molecule has 0 saturated heterocycles. The number of hydrogen-bond donors (Lipinski definition) is 0. The van der Waals surface area contributed by atoms with Crippen LogP contribution in [0.3, 0.4) is 0 Å². The van der Waals surface area contributed by atoms with Crippen molar-refractivity contribution in [2.45, 2.75) is 57.8 Å². The van der Waals surface area contributed by atoms with Gasteiger partial charge in [-0.2, -0.15) is 0 Å². The van der Waals surface area contributed by atoms with Crippen molar-refractivity contribution in [3.8, 4) is 0 Å². The lowest BCUT2D eigenvalue weighted by Crippen LogP contribution is -2.69. The van der Waals surface area contributed by atoms with Gasteiger partial charge in [0.25, 0.3) is 8.32 Å². The predicted molar refractivity (Wildman–Crippen MR) is 139 cm³/mol. The monoisotopic (exact) mass is 536 g/mol. The van der Waals surface area contributed by atoms with Crippen LogP contribution in [0.5, 0.6) is 0 Å². The first kappa shape index (κ1) is 27.7. The molecule has 0 N–H and O–H groups in total. The fraction of sp³-hybridized carbons (Fsp3) is 0.500. The van der Waals surface area contributed by atoms with Gasteiger partial charge in [-0.25, -0.2) is 4.79 Å². The van der Waals surface area contributed by atoms with Crippen molar-refractivity contribution in [2.24, 2.45) is 0 Å². The number of rotatable bonds is 13. The Kier molecular flexibility index (Phi) is 11.3. The Morgan fingerprint density at radius 1 is 1.00 bits per heavy atom. The molecular weight excluding hydrogens is 500 g/mol. The van der Waals surface area contributed by atoms with E-state index in [0.717, 1.165) is 22.1 Å². The van der Waals surface area contributed by atoms with E-state index in [2.05, 4.69) is 61.0 Å². The molecule has 0 radical (unpaired) electrons. The molecule has 0 aliphatic rings. The van der Waals surface area contributed by atoms with Gasteiger partial charge in [-0.1, -0.05) is 97.4 Å². The predicted octanol–water partition coefficient (Wildman–Crippen LogP) is 4.66. The molecule has 0 aliphatic heterocycles. The number of hydrogen-bond acceptors (Lipinski definition) is 5. The number of esters is 1. The van der Waals surface area contributed by atoms with E-state index in [4.69, 9.17) is 18.6 Å². The number of methoxy groups -OCH3 is 1. The lowest BCUT2D eigenvalue weighted by atomic mass is 10.1. The van der Waals surface area contributed by atoms with Crippen molar-refractivity contribution in [2.75, 3.05) is 25.8 Å². The first-order valence-corrected chi connectivity index (χ1v) is 14.5. The van der Waals surface area contributed by atoms with Gasteiger partial charge in [0, 0.05) is 12.4 Å². The summed E-state index contributed by atoms with van der Waals surface area (Å²) in [7, 11) is -1.41. The average Bonchev–Trinajstić information content (AvgIpc) is 2.81. The lowest BCUT2D eigenvalue weighted by Gasteiger charge is -2.45. The Balaban J connectivity index is 2.69. The molecule has 0 saturated carbocycles. The molecule has 0 aromatic heterocycles. The number of carbonyl (C=O) groups is 1. The van der Waals surface area contributed by atoms with Crippen LogP contribution >= 0.6 is 15.9 Å². The van der Waals surface area contributed by atoms with Crippen LogP contribution in [0.25, 0.3) is 0 Å². The van der Waals surface area contributed by atoms with Gasteiger partial charge in [-0.15, -0.1) is 0 Å². The summed E-state index contributed by atoms with van der Waals surface area (Å²) in [6.45, 7) is 8.71. The van der Waals surface area contributed by atoms with Crippen molar-refractivity contribution in [3.63, 3.8) is 0 Å². The Morgan fingerprint density at radius 2 is 1.55 bits per heavy atom. The summed E-state index contributed by atoms with van der Waals surface area (Å²) in [5.74, 6) is -0.402. The SMILES string of the molecule is CCOC(=O)C(O[Si](c1ccccc1)(c1ccccc1)C(C)(C)C)[C@@H](CCCBr)OCOC. The van der Waals surface area contributed by atoms with Crippen LogP contribution in [-0.2, 0) is 23.4 Å². The molecule has 5 nitrogen and oxygen atoms in total. The highest BCUT2D eigenvalue weighted by molar-refractivity contribution is 9.09. The minimum Gasteiger partial charge on any atom is -0.464 e. The maximum atomic E-state index is 13.3. The summed E-state index contributed by atoms with van der Waals surface area (Å²) < 4.78 is 23.8. The molecule has 2 aromatic rings. The minimum atomic E-state index is -2.98. The second kappa shape index (κ2) is 13.4. The third-order valence-electron chi connectivity index (χ3n) is 5.60. The zero-order valence-corrected chi connectivity index (χ0v) is 23.0. The third kappa shape index (κ3) is 6.99. The molecule has 0 spiro atoms. The summed E-state index contributed by atoms with van der Waals surface area (Å²) in [5, 5.41) is 2.73. The van der Waals surface area contributed by atoms with E-state index in [0.29, 0.717) is 6.42 Å². The lowest BCUT2D eigenvalue weighted by molar-refractivity contribution is -0.167. The van der Waals surface area contributed by atoms with Crippen molar-refractivity contribution in [1.82, 2.24) is 0 Å². The Morgan fingerprint density at radius 3 is 1.97 bits per heavy atom. The molecule has 33 heavy (non-hydrogen) atoms. The third-order valence-corrected chi connectivity index (χ3v) is 11.2. The van der Waals surface area contributed by atoms with Gasteiger partial charge in [0.05, 0.1) is 12.7 Å². The number of carbonyl (C=O) groups excluding carboxylic acids is 1. The van der Waals surface area contributed by atoms with Crippen LogP contribution in [0.1, 0.15) is 40.5 Å². The summed E-state index contributed by atoms with van der Waals surface area (Å²) in [4.78, 5) is 13.3. The van der Waals surface area contributed by atoms with Crippen LogP contribution in [0.2, 0.25) is 5.04 Å². The fourth-order valence-corrected chi connectivity index (χ4v) is 9.11. The highest BCUT2D eigenvalue weighted by Crippen LogP contribution is 2.38. The summed E-state index contributed by atoms with van der Waals surface area (Å²) in [5.41, 5.74) is 0. The van der Waals surface area contributed by atoms with Crippen molar-refractivity contribution in [3.05, 3.63) is 60.7 Å². The van der Waals surface area contributed by atoms with Gasteiger partial charge >= 0.3 is 5.97 Å². The zero-order chi connectivity index (χ0) is 24.3. The van der Waals surface area contributed by atoms with Gasteiger partial charge < -0.3 is 18.6 Å². The fourth-order valence-electron chi connectivity index (χ4n) is 4.14. The van der Waals surface area contributed by atoms with E-state index >= 15 is 0 Å². The van der Waals surface area contributed by atoms with E-state index < -0.39 is 26.5 Å². The highest BCUT2D eigenvalue weighted by Gasteiger charge is 2.53. The van der Waals surface area contributed by atoms with Crippen molar-refractivity contribution < 1.29 is 23.4 Å². The Labute approximate surface area is 208 Å². The van der Waals surface area contributed by atoms with E-state index in [1.54, 1.807) is 14.0 Å². The molecule has 0 heterocycles. The van der Waals surface area contributed by atoms with E-state index in [1.807, 2.05) is 36.4 Å². The van der Waals surface area contributed by atoms with Crippen LogP contribution in [0, 0.1) is 0 Å². The summed E-state index contributed by atoms with van der Waals surface area (Å²) >= 11 is 3.49. The standard InChI is InChI=1S/C26H37BrO5Si/c1-6-30-25(28)24(23(18-13-19-27)31-20-29-5)32-33(26(2,3)4,21-14-9-7-10-15-21)22-16-11-8-12-17-22/h7-12,14-17,23-24H,6,13,18-20H2,1-5H3/t23-,24?/m1/s1. The van der Waals surface area contributed by atoms with Crippen molar-refractivity contribution in [1.29, 1.82) is 0 Å². The molecule has 7 heteroatoms. The first-order chi connectivity index (χ1) is 15.8. The van der Waals surface area contributed by atoms with Gasteiger partial charge in [0.1, 0.15) is 6.79 Å². The van der Waals surface area contributed by atoms with Gasteiger partial charge in [0.2, 0.25) is 0 Å². The van der Waals surface area contributed by atoms with Crippen LogP contribution in [0.4, 0.5) is 0 Å². The molecule has 0 fully saturated rings. The van der Waals surface area contributed by atoms with Gasteiger partial charge in [0.15, 0.2) is 6.10 Å². The molecule has 2 rings (SSSR count). The first-order valence-electron chi connectivity index (χ1n) is 11.4. The smallest absolute Gasteiger partial charge is 0.336 e. The molecule has 0 amide bonds. The van der Waals surface area contributed by atoms with E-state index in [1.165, 1.54) is 0 Å². The van der Waals surface area contributed by atoms with Crippen LogP contribution < -0.4 is 10.4 Å². The zero-order valence-electron chi connectivity index (χ0n) is 20.4. The topological polar surface area (TPSA) is 54.0 Å². The van der Waals surface area contributed by atoms with Crippen LogP contribution in [-0.4, -0.2) is 52.3 Å². The molecule has 182 valence electrons. The number of halogens is 1. The quantitative estimate of drug-likeness (QED) is 0.161. The highest BCUT2D eigenvalue weighted by atomic mass is 79.9. The Hall–Kier alpha value is -1.51. The number of benzene rings is 2. The van der Waals surface area contributed by atoms with E-state index in [9.17, 15) is 4.79 Å².